The van der Waals surface area contributed by atoms with E-state index in [9.17, 15) is 0 Å². The van der Waals surface area contributed by atoms with E-state index in [2.05, 4.69) is 31.2 Å². The van der Waals surface area contributed by atoms with Crippen molar-refractivity contribution >= 4 is 0 Å². The summed E-state index contributed by atoms with van der Waals surface area (Å²) in [5, 5.41) is 8.83. The molecule has 1 aromatic rings. The second kappa shape index (κ2) is 3.84. The monoisotopic (exact) mass is 184 g/mol. The normalized spacial score (nSPS) is 26.0. The molecule has 1 heteroatoms. The highest BCUT2D eigenvalue weighted by molar-refractivity contribution is 5.25. The maximum atomic E-state index is 8.83. The Bertz CT molecular complexity index is 362. The fourth-order valence-electron chi connectivity index (χ4n) is 2.22. The van der Waals surface area contributed by atoms with Gasteiger partial charge in [-0.3, -0.25) is 0 Å². The van der Waals surface area contributed by atoms with E-state index in [0.29, 0.717) is 5.92 Å². The average Bonchev–Trinajstić information content (AvgIpc) is 2.66. The van der Waals surface area contributed by atoms with Crippen LogP contribution in [-0.4, -0.2) is 0 Å². The van der Waals surface area contributed by atoms with Gasteiger partial charge in [-0.25, -0.2) is 0 Å². The maximum absolute atomic E-state index is 8.83. The average molecular weight is 184 g/mol. The van der Waals surface area contributed by atoms with Crippen LogP contribution in [0.2, 0.25) is 0 Å². The van der Waals surface area contributed by atoms with Gasteiger partial charge in [0.25, 0.3) is 0 Å². The predicted octanol–water partition coefficient (Wildman–Crippen LogP) is 3.20. The first-order valence-electron chi connectivity index (χ1n) is 5.17. The summed E-state index contributed by atoms with van der Waals surface area (Å²) in [6.45, 7) is 2.11. The molecule has 0 aromatic heterocycles. The van der Waals surface area contributed by atoms with Gasteiger partial charge in [-0.1, -0.05) is 23.8 Å². The van der Waals surface area contributed by atoms with Crippen LogP contribution < -0.4 is 0 Å². The van der Waals surface area contributed by atoms with Gasteiger partial charge >= 0.3 is 0 Å². The van der Waals surface area contributed by atoms with Crippen molar-refractivity contribution in [3.8, 4) is 6.07 Å². The van der Waals surface area contributed by atoms with E-state index >= 15 is 0 Å². The molecule has 1 aliphatic carbocycles. The van der Waals surface area contributed by atoms with Crippen molar-refractivity contribution in [2.75, 3.05) is 0 Å². The van der Waals surface area contributed by atoms with Crippen LogP contribution in [0.25, 0.3) is 0 Å². The van der Waals surface area contributed by atoms with Crippen LogP contribution in [0.3, 0.4) is 0 Å². The molecule has 0 spiro atoms. The first-order chi connectivity index (χ1) is 6.79. The summed E-state index contributed by atoms with van der Waals surface area (Å²) in [7, 11) is 0. The fraction of sp³-hybridized carbons (Fsp3) is 0.462. The molecule has 71 valence electrons. The molecule has 1 radical (unpaired) electrons. The Morgan fingerprint density at radius 2 is 2.36 bits per heavy atom. The molecule has 0 aliphatic heterocycles. The van der Waals surface area contributed by atoms with Crippen LogP contribution in [0.1, 0.15) is 36.3 Å². The van der Waals surface area contributed by atoms with E-state index in [-0.39, 0.29) is 5.92 Å². The van der Waals surface area contributed by atoms with E-state index in [1.165, 1.54) is 11.1 Å². The Kier molecular flexibility index (Phi) is 2.54. The minimum absolute atomic E-state index is 0.272. The zero-order chi connectivity index (χ0) is 9.97. The molecule has 2 rings (SSSR count). The largest absolute Gasteiger partial charge is 0.198 e. The molecular formula is C13H14N. The zero-order valence-corrected chi connectivity index (χ0v) is 8.46. The van der Waals surface area contributed by atoms with Gasteiger partial charge in [-0.05, 0) is 43.7 Å². The summed E-state index contributed by atoms with van der Waals surface area (Å²) in [5.74, 6) is 0.841. The minimum Gasteiger partial charge on any atom is -0.198 e. The molecule has 0 amide bonds. The number of nitrogens with zero attached hydrogens (tertiary/aromatic N) is 1. The lowest BCUT2D eigenvalue weighted by atomic mass is 9.95. The number of benzene rings is 1. The molecular weight excluding hydrogens is 170 g/mol. The number of aryl methyl sites for hydroxylation is 1. The molecule has 0 heterocycles. The SMILES string of the molecule is Cc1cc[c]c(C2CCC(C#N)C2)c1. The second-order valence-corrected chi connectivity index (χ2v) is 4.16. The molecule has 0 saturated heterocycles. The lowest BCUT2D eigenvalue weighted by Crippen LogP contribution is -1.94. The molecule has 1 fully saturated rings. The van der Waals surface area contributed by atoms with E-state index in [1.54, 1.807) is 0 Å². The van der Waals surface area contributed by atoms with Gasteiger partial charge in [0, 0.05) is 5.92 Å². The summed E-state index contributed by atoms with van der Waals surface area (Å²) < 4.78 is 0. The van der Waals surface area contributed by atoms with E-state index in [4.69, 9.17) is 5.26 Å². The number of rotatable bonds is 1. The van der Waals surface area contributed by atoms with Crippen molar-refractivity contribution in [1.29, 1.82) is 5.26 Å². The molecule has 1 aliphatic rings. The van der Waals surface area contributed by atoms with E-state index in [0.717, 1.165) is 19.3 Å². The quantitative estimate of drug-likeness (QED) is 0.657. The summed E-state index contributed by atoms with van der Waals surface area (Å²) in [6, 6.07) is 11.9. The van der Waals surface area contributed by atoms with Gasteiger partial charge in [0.1, 0.15) is 0 Å². The van der Waals surface area contributed by atoms with Gasteiger partial charge in [-0.15, -0.1) is 0 Å². The van der Waals surface area contributed by atoms with Gasteiger partial charge in [-0.2, -0.15) is 5.26 Å². The van der Waals surface area contributed by atoms with Gasteiger partial charge in [0.2, 0.25) is 0 Å². The summed E-state index contributed by atoms with van der Waals surface area (Å²) >= 11 is 0. The topological polar surface area (TPSA) is 23.8 Å². The van der Waals surface area contributed by atoms with E-state index in [1.807, 2.05) is 6.07 Å². The summed E-state index contributed by atoms with van der Waals surface area (Å²) in [5.41, 5.74) is 2.59. The third-order valence-electron chi connectivity index (χ3n) is 3.03. The van der Waals surface area contributed by atoms with Crippen LogP contribution in [0.15, 0.2) is 18.2 Å². The van der Waals surface area contributed by atoms with Crippen LogP contribution in [0, 0.1) is 30.2 Å². The Morgan fingerprint density at radius 3 is 3.00 bits per heavy atom. The Hall–Kier alpha value is -1.29. The first kappa shape index (κ1) is 9.27. The van der Waals surface area contributed by atoms with Gasteiger partial charge in [0.15, 0.2) is 0 Å². The molecule has 2 atom stereocenters. The molecule has 14 heavy (non-hydrogen) atoms. The number of hydrogen-bond donors (Lipinski definition) is 0. The molecule has 0 bridgehead atoms. The van der Waals surface area contributed by atoms with Crippen molar-refractivity contribution in [2.45, 2.75) is 32.1 Å². The zero-order valence-electron chi connectivity index (χ0n) is 8.46. The lowest BCUT2D eigenvalue weighted by molar-refractivity contribution is 0.669. The highest BCUT2D eigenvalue weighted by atomic mass is 14.3. The van der Waals surface area contributed by atoms with Gasteiger partial charge < -0.3 is 0 Å². The van der Waals surface area contributed by atoms with Gasteiger partial charge in [0.05, 0.1) is 6.07 Å². The fourth-order valence-corrected chi connectivity index (χ4v) is 2.22. The number of hydrogen-bond acceptors (Lipinski definition) is 1. The predicted molar refractivity (Wildman–Crippen MR) is 55.7 cm³/mol. The Morgan fingerprint density at radius 1 is 1.50 bits per heavy atom. The minimum atomic E-state index is 0.272. The van der Waals surface area contributed by atoms with Crippen molar-refractivity contribution in [3.05, 3.63) is 35.4 Å². The second-order valence-electron chi connectivity index (χ2n) is 4.16. The Balaban J connectivity index is 2.14. The molecule has 1 aromatic carbocycles. The van der Waals surface area contributed by atoms with Crippen molar-refractivity contribution in [2.24, 2.45) is 5.92 Å². The van der Waals surface area contributed by atoms with Crippen molar-refractivity contribution in [1.82, 2.24) is 0 Å². The number of nitriles is 1. The summed E-state index contributed by atoms with van der Waals surface area (Å²) in [4.78, 5) is 0. The standard InChI is InChI=1S/C13H14N/c1-10-3-2-4-12(7-10)13-6-5-11(8-13)9-14/h2-3,7,11,13H,5-6,8H2,1H3. The molecule has 0 N–H and O–H groups in total. The smallest absolute Gasteiger partial charge is 0.0656 e. The lowest BCUT2D eigenvalue weighted by Gasteiger charge is -2.09. The maximum Gasteiger partial charge on any atom is 0.0656 e. The Labute approximate surface area is 85.4 Å². The van der Waals surface area contributed by atoms with Crippen LogP contribution in [-0.2, 0) is 0 Å². The summed E-state index contributed by atoms with van der Waals surface area (Å²) in [6.07, 6.45) is 3.23. The first-order valence-corrected chi connectivity index (χ1v) is 5.17. The highest BCUT2D eigenvalue weighted by Gasteiger charge is 2.25. The molecule has 1 saturated carbocycles. The molecule has 1 nitrogen and oxygen atoms in total. The highest BCUT2D eigenvalue weighted by Crippen LogP contribution is 2.37. The van der Waals surface area contributed by atoms with Crippen LogP contribution in [0.5, 0.6) is 0 Å². The van der Waals surface area contributed by atoms with Crippen molar-refractivity contribution < 1.29 is 0 Å². The third-order valence-corrected chi connectivity index (χ3v) is 3.03. The van der Waals surface area contributed by atoms with Crippen LogP contribution in [0.4, 0.5) is 0 Å². The van der Waals surface area contributed by atoms with Crippen LogP contribution >= 0.6 is 0 Å². The molecule has 2 unspecified atom stereocenters. The van der Waals surface area contributed by atoms with Crippen molar-refractivity contribution in [3.63, 3.8) is 0 Å². The third kappa shape index (κ3) is 1.80. The van der Waals surface area contributed by atoms with E-state index < -0.39 is 0 Å².